The Morgan fingerprint density at radius 2 is 1.93 bits per heavy atom. The lowest BCUT2D eigenvalue weighted by molar-refractivity contribution is -0.155. The Kier molecular flexibility index (Phi) is 7.48. The van der Waals surface area contributed by atoms with Gasteiger partial charge in [0, 0.05) is 6.61 Å². The second-order valence-corrected chi connectivity index (χ2v) is 3.80. The number of hydrogen-bond acceptors (Lipinski definition) is 3. The molecule has 0 rings (SSSR count). The van der Waals surface area contributed by atoms with Gasteiger partial charge in [0.1, 0.15) is 0 Å². The van der Waals surface area contributed by atoms with E-state index in [-0.39, 0.29) is 5.97 Å². The highest BCUT2D eigenvalue weighted by molar-refractivity contribution is 5.74. The molecule has 0 saturated heterocycles. The zero-order valence-corrected chi connectivity index (χ0v) is 9.71. The van der Waals surface area contributed by atoms with E-state index in [0.717, 1.165) is 12.8 Å². The fourth-order valence-electron chi connectivity index (χ4n) is 1.08. The maximum absolute atomic E-state index is 11.1. The lowest BCUT2D eigenvalue weighted by Gasteiger charge is -2.12. The molecule has 1 atom stereocenters. The Morgan fingerprint density at radius 1 is 1.29 bits per heavy atom. The normalized spacial score (nSPS) is 12.9. The van der Waals surface area contributed by atoms with Crippen molar-refractivity contribution in [2.45, 2.75) is 46.6 Å². The fourth-order valence-corrected chi connectivity index (χ4v) is 1.08. The number of hydrogen-bond donors (Lipinski definition) is 0. The molecule has 3 heteroatoms. The van der Waals surface area contributed by atoms with E-state index in [1.165, 1.54) is 0 Å². The van der Waals surface area contributed by atoms with Crippen molar-refractivity contribution < 1.29 is 14.3 Å². The van der Waals surface area contributed by atoms with Crippen molar-refractivity contribution in [3.05, 3.63) is 0 Å². The van der Waals surface area contributed by atoms with E-state index in [1.807, 2.05) is 0 Å². The Hall–Kier alpha value is -0.570. The Balaban J connectivity index is 3.43. The average Bonchev–Trinajstić information content (AvgIpc) is 2.12. The van der Waals surface area contributed by atoms with Crippen LogP contribution in [0.15, 0.2) is 0 Å². The van der Waals surface area contributed by atoms with Crippen LogP contribution < -0.4 is 0 Å². The molecule has 0 aromatic carbocycles. The van der Waals surface area contributed by atoms with Crippen LogP contribution in [0.4, 0.5) is 0 Å². The van der Waals surface area contributed by atoms with Gasteiger partial charge in [-0.05, 0) is 32.6 Å². The van der Waals surface area contributed by atoms with Crippen molar-refractivity contribution >= 4 is 5.97 Å². The summed E-state index contributed by atoms with van der Waals surface area (Å²) in [6.45, 7) is 8.93. The second kappa shape index (κ2) is 7.80. The van der Waals surface area contributed by atoms with Crippen LogP contribution in [0.3, 0.4) is 0 Å². The van der Waals surface area contributed by atoms with E-state index in [9.17, 15) is 4.79 Å². The van der Waals surface area contributed by atoms with Crippen LogP contribution in [0.1, 0.15) is 40.5 Å². The first-order valence-corrected chi connectivity index (χ1v) is 5.36. The van der Waals surface area contributed by atoms with Crippen LogP contribution in [0.25, 0.3) is 0 Å². The van der Waals surface area contributed by atoms with Crippen molar-refractivity contribution in [2.75, 3.05) is 13.2 Å². The Morgan fingerprint density at radius 3 is 2.43 bits per heavy atom. The molecule has 0 amide bonds. The zero-order valence-electron chi connectivity index (χ0n) is 9.71. The van der Waals surface area contributed by atoms with Gasteiger partial charge in [0.2, 0.25) is 0 Å². The third kappa shape index (κ3) is 6.89. The summed E-state index contributed by atoms with van der Waals surface area (Å²) in [6.07, 6.45) is 1.71. The van der Waals surface area contributed by atoms with Crippen LogP contribution in [-0.4, -0.2) is 25.3 Å². The lowest BCUT2D eigenvalue weighted by Crippen LogP contribution is -2.23. The molecule has 0 heterocycles. The molecule has 0 aliphatic heterocycles. The summed E-state index contributed by atoms with van der Waals surface area (Å²) < 4.78 is 10.2. The highest BCUT2D eigenvalue weighted by Gasteiger charge is 2.13. The summed E-state index contributed by atoms with van der Waals surface area (Å²) in [5, 5.41) is 0. The summed E-state index contributed by atoms with van der Waals surface area (Å²) in [5.41, 5.74) is 0. The molecule has 0 aromatic heterocycles. The number of rotatable bonds is 7. The van der Waals surface area contributed by atoms with Crippen molar-refractivity contribution in [1.82, 2.24) is 0 Å². The van der Waals surface area contributed by atoms with Crippen LogP contribution in [-0.2, 0) is 14.3 Å². The van der Waals surface area contributed by atoms with Crippen molar-refractivity contribution in [2.24, 2.45) is 5.92 Å². The first kappa shape index (κ1) is 13.4. The molecule has 0 radical (unpaired) electrons. The number of carbonyl (C=O) groups is 1. The Bertz CT molecular complexity index is 155. The summed E-state index contributed by atoms with van der Waals surface area (Å²) in [4.78, 5) is 11.1. The molecule has 0 aromatic rings. The van der Waals surface area contributed by atoms with Crippen LogP contribution in [0.5, 0.6) is 0 Å². The monoisotopic (exact) mass is 202 g/mol. The van der Waals surface area contributed by atoms with Crippen molar-refractivity contribution in [3.8, 4) is 0 Å². The molecule has 14 heavy (non-hydrogen) atoms. The van der Waals surface area contributed by atoms with Gasteiger partial charge >= 0.3 is 5.97 Å². The predicted molar refractivity (Wildman–Crippen MR) is 56.1 cm³/mol. The van der Waals surface area contributed by atoms with E-state index < -0.39 is 6.10 Å². The minimum Gasteiger partial charge on any atom is -0.464 e. The largest absolute Gasteiger partial charge is 0.464 e. The van der Waals surface area contributed by atoms with Crippen molar-refractivity contribution in [3.63, 3.8) is 0 Å². The van der Waals surface area contributed by atoms with Gasteiger partial charge < -0.3 is 9.47 Å². The van der Waals surface area contributed by atoms with Crippen LogP contribution in [0, 0.1) is 5.92 Å². The first-order valence-electron chi connectivity index (χ1n) is 5.36. The molecule has 0 spiro atoms. The summed E-state index contributed by atoms with van der Waals surface area (Å²) in [5.74, 6) is 0.425. The van der Waals surface area contributed by atoms with Gasteiger partial charge in [0.25, 0.3) is 0 Å². The molecular formula is C11H22O3. The quantitative estimate of drug-likeness (QED) is 0.469. The van der Waals surface area contributed by atoms with E-state index in [4.69, 9.17) is 9.47 Å². The van der Waals surface area contributed by atoms with Gasteiger partial charge in [0.05, 0.1) is 6.61 Å². The molecular weight excluding hydrogens is 180 g/mol. The highest BCUT2D eigenvalue weighted by Crippen LogP contribution is 2.04. The van der Waals surface area contributed by atoms with E-state index in [0.29, 0.717) is 19.1 Å². The Labute approximate surface area is 86.8 Å². The first-order chi connectivity index (χ1) is 6.57. The standard InChI is InChI=1S/C11H22O3/c1-5-13-11(12)10(4)14-8-6-7-9(2)3/h9-10H,5-8H2,1-4H3. The summed E-state index contributed by atoms with van der Waals surface area (Å²) in [7, 11) is 0. The average molecular weight is 202 g/mol. The molecule has 0 saturated carbocycles. The topological polar surface area (TPSA) is 35.5 Å². The third-order valence-corrected chi connectivity index (χ3v) is 1.91. The second-order valence-electron chi connectivity index (χ2n) is 3.80. The molecule has 0 bridgehead atoms. The highest BCUT2D eigenvalue weighted by atomic mass is 16.6. The van der Waals surface area contributed by atoms with Gasteiger partial charge in [-0.15, -0.1) is 0 Å². The smallest absolute Gasteiger partial charge is 0.334 e. The van der Waals surface area contributed by atoms with E-state index in [1.54, 1.807) is 13.8 Å². The molecule has 0 fully saturated rings. The minimum absolute atomic E-state index is 0.267. The van der Waals surface area contributed by atoms with Gasteiger partial charge in [-0.1, -0.05) is 13.8 Å². The van der Waals surface area contributed by atoms with Gasteiger partial charge in [-0.3, -0.25) is 0 Å². The number of esters is 1. The molecule has 84 valence electrons. The van der Waals surface area contributed by atoms with Gasteiger partial charge in [-0.2, -0.15) is 0 Å². The van der Waals surface area contributed by atoms with E-state index >= 15 is 0 Å². The molecule has 0 N–H and O–H groups in total. The fraction of sp³-hybridized carbons (Fsp3) is 0.909. The maximum atomic E-state index is 11.1. The van der Waals surface area contributed by atoms with E-state index in [2.05, 4.69) is 13.8 Å². The van der Waals surface area contributed by atoms with Crippen LogP contribution >= 0.6 is 0 Å². The third-order valence-electron chi connectivity index (χ3n) is 1.91. The van der Waals surface area contributed by atoms with Crippen molar-refractivity contribution in [1.29, 1.82) is 0 Å². The number of ether oxygens (including phenoxy) is 2. The molecule has 0 aliphatic rings. The molecule has 1 unspecified atom stereocenters. The molecule has 3 nitrogen and oxygen atoms in total. The SMILES string of the molecule is CCOC(=O)C(C)OCCCC(C)C. The molecule has 0 aliphatic carbocycles. The summed E-state index contributed by atoms with van der Waals surface area (Å²) >= 11 is 0. The number of carbonyl (C=O) groups excluding carboxylic acids is 1. The maximum Gasteiger partial charge on any atom is 0.334 e. The van der Waals surface area contributed by atoms with Gasteiger partial charge in [-0.25, -0.2) is 4.79 Å². The van der Waals surface area contributed by atoms with Gasteiger partial charge in [0.15, 0.2) is 6.10 Å². The van der Waals surface area contributed by atoms with Crippen LogP contribution in [0.2, 0.25) is 0 Å². The predicted octanol–water partition coefficient (Wildman–Crippen LogP) is 2.39. The summed E-state index contributed by atoms with van der Waals surface area (Å²) in [6, 6.07) is 0. The minimum atomic E-state index is -0.429. The lowest BCUT2D eigenvalue weighted by atomic mass is 10.1. The zero-order chi connectivity index (χ0) is 11.0.